The maximum atomic E-state index is 13.1. The molecule has 2 N–H and O–H groups in total. The molecule has 3 aromatic rings. The number of sulfonamides is 1. The molecule has 2 aromatic carbocycles. The van der Waals surface area contributed by atoms with Gasteiger partial charge < -0.3 is 4.57 Å². The summed E-state index contributed by atoms with van der Waals surface area (Å²) >= 11 is 6.09. The highest BCUT2D eigenvalue weighted by atomic mass is 35.5. The van der Waals surface area contributed by atoms with Gasteiger partial charge >= 0.3 is 0 Å². The summed E-state index contributed by atoms with van der Waals surface area (Å²) in [6.45, 7) is 0. The number of rotatable bonds is 3. The summed E-state index contributed by atoms with van der Waals surface area (Å²) in [6.07, 6.45) is 1.63. The van der Waals surface area contributed by atoms with Gasteiger partial charge in [0.1, 0.15) is 5.82 Å². The van der Waals surface area contributed by atoms with Crippen LogP contribution in [-0.2, 0) is 10.0 Å². The first kappa shape index (κ1) is 15.7. The van der Waals surface area contributed by atoms with E-state index in [4.69, 9.17) is 16.7 Å². The van der Waals surface area contributed by atoms with Crippen molar-refractivity contribution in [2.45, 2.75) is 4.90 Å². The first-order valence-corrected chi connectivity index (χ1v) is 8.55. The van der Waals surface area contributed by atoms with E-state index >= 15 is 0 Å². The normalized spacial score (nSPS) is 11.6. The fourth-order valence-electron chi connectivity index (χ4n) is 2.38. The lowest BCUT2D eigenvalue weighted by Gasteiger charge is -2.12. The Morgan fingerprint density at radius 3 is 2.35 bits per heavy atom. The lowest BCUT2D eigenvalue weighted by molar-refractivity contribution is 0.598. The molecule has 4 nitrogen and oxygen atoms in total. The smallest absolute Gasteiger partial charge is 0.238 e. The summed E-state index contributed by atoms with van der Waals surface area (Å²) in [7, 11) is -3.89. The second-order valence-corrected chi connectivity index (χ2v) is 6.90. The van der Waals surface area contributed by atoms with Crippen molar-refractivity contribution >= 4 is 21.6 Å². The predicted molar refractivity (Wildman–Crippen MR) is 87.5 cm³/mol. The topological polar surface area (TPSA) is 65.1 Å². The minimum absolute atomic E-state index is 0.00173. The van der Waals surface area contributed by atoms with Gasteiger partial charge in [-0.2, -0.15) is 0 Å². The number of nitrogens with zero attached hydrogens (tertiary/aromatic N) is 1. The minimum atomic E-state index is -3.89. The van der Waals surface area contributed by atoms with E-state index in [-0.39, 0.29) is 10.7 Å². The summed E-state index contributed by atoms with van der Waals surface area (Å²) in [6, 6.07) is 13.8. The maximum Gasteiger partial charge on any atom is 0.238 e. The third-order valence-electron chi connectivity index (χ3n) is 3.36. The number of nitrogens with two attached hydrogens (primary N) is 1. The van der Waals surface area contributed by atoms with Gasteiger partial charge in [-0.1, -0.05) is 29.8 Å². The van der Waals surface area contributed by atoms with Crippen LogP contribution in [0.5, 0.6) is 0 Å². The Hall–Kier alpha value is -2.15. The maximum absolute atomic E-state index is 13.1. The molecular weight excluding hydrogens is 339 g/mol. The third-order valence-corrected chi connectivity index (χ3v) is 4.54. The molecular formula is C16H12ClFN2O2S. The minimum Gasteiger partial charge on any atom is -0.315 e. The van der Waals surface area contributed by atoms with Crippen molar-refractivity contribution in [2.75, 3.05) is 0 Å². The van der Waals surface area contributed by atoms with Crippen LogP contribution in [0.1, 0.15) is 0 Å². The lowest BCUT2D eigenvalue weighted by Crippen LogP contribution is -2.13. The van der Waals surface area contributed by atoms with Gasteiger partial charge in [0, 0.05) is 17.4 Å². The first-order chi connectivity index (χ1) is 10.9. The molecule has 0 spiro atoms. The zero-order chi connectivity index (χ0) is 16.6. The van der Waals surface area contributed by atoms with Crippen molar-refractivity contribution in [1.82, 2.24) is 4.57 Å². The Kier molecular flexibility index (Phi) is 3.97. The summed E-state index contributed by atoms with van der Waals surface area (Å²) in [5.41, 5.74) is 1.62. The molecule has 3 rings (SSSR count). The average molecular weight is 351 g/mol. The van der Waals surface area contributed by atoms with Crippen LogP contribution in [0, 0.1) is 5.82 Å². The van der Waals surface area contributed by atoms with Crippen molar-refractivity contribution in [3.05, 3.63) is 71.6 Å². The predicted octanol–water partition coefficient (Wildman–Crippen LogP) is 3.58. The van der Waals surface area contributed by atoms with Crippen LogP contribution >= 0.6 is 11.6 Å². The van der Waals surface area contributed by atoms with Gasteiger partial charge in [-0.25, -0.2) is 17.9 Å². The Bertz CT molecular complexity index is 966. The quantitative estimate of drug-likeness (QED) is 0.784. The van der Waals surface area contributed by atoms with Gasteiger partial charge in [-0.15, -0.1) is 0 Å². The largest absolute Gasteiger partial charge is 0.315 e. The van der Waals surface area contributed by atoms with Crippen LogP contribution in [0.3, 0.4) is 0 Å². The Morgan fingerprint density at radius 2 is 1.70 bits per heavy atom. The van der Waals surface area contributed by atoms with Crippen LogP contribution in [-0.4, -0.2) is 13.0 Å². The molecule has 0 bridgehead atoms. The van der Waals surface area contributed by atoms with E-state index in [0.29, 0.717) is 22.0 Å². The van der Waals surface area contributed by atoms with Gasteiger partial charge in [-0.3, -0.25) is 0 Å². The number of halogens is 2. The second-order valence-electron chi connectivity index (χ2n) is 4.93. The van der Waals surface area contributed by atoms with E-state index in [9.17, 15) is 12.8 Å². The molecule has 0 saturated carbocycles. The molecule has 0 amide bonds. The fourth-order valence-corrected chi connectivity index (χ4v) is 3.33. The van der Waals surface area contributed by atoms with Crippen LogP contribution < -0.4 is 5.14 Å². The molecule has 7 heteroatoms. The highest BCUT2D eigenvalue weighted by molar-refractivity contribution is 7.89. The Balaban J connectivity index is 2.25. The highest BCUT2D eigenvalue weighted by Gasteiger charge is 2.18. The SMILES string of the molecule is NS(=O)(=O)c1ccccc1-c1cc(Cl)cn1-c1ccc(F)cc1. The van der Waals surface area contributed by atoms with E-state index in [1.165, 1.54) is 18.2 Å². The molecule has 1 aromatic heterocycles. The molecule has 0 aliphatic rings. The molecule has 0 saturated heterocycles. The highest BCUT2D eigenvalue weighted by Crippen LogP contribution is 2.32. The van der Waals surface area contributed by atoms with E-state index < -0.39 is 10.0 Å². The number of benzene rings is 2. The molecule has 0 aliphatic heterocycles. The lowest BCUT2D eigenvalue weighted by atomic mass is 10.1. The fraction of sp³-hybridized carbons (Fsp3) is 0. The molecule has 0 fully saturated rings. The van der Waals surface area contributed by atoms with Gasteiger partial charge in [0.2, 0.25) is 10.0 Å². The molecule has 0 aliphatic carbocycles. The van der Waals surface area contributed by atoms with Crippen molar-refractivity contribution in [1.29, 1.82) is 0 Å². The first-order valence-electron chi connectivity index (χ1n) is 6.62. The number of hydrogen-bond donors (Lipinski definition) is 1. The molecule has 118 valence electrons. The van der Waals surface area contributed by atoms with Gasteiger partial charge in [0.15, 0.2) is 0 Å². The Morgan fingerprint density at radius 1 is 1.04 bits per heavy atom. The summed E-state index contributed by atoms with van der Waals surface area (Å²) in [5.74, 6) is -0.363. The molecule has 0 unspecified atom stereocenters. The van der Waals surface area contributed by atoms with Gasteiger partial charge in [0.05, 0.1) is 15.6 Å². The van der Waals surface area contributed by atoms with Gasteiger partial charge in [0.25, 0.3) is 0 Å². The van der Waals surface area contributed by atoms with E-state index in [1.807, 2.05) is 0 Å². The van der Waals surface area contributed by atoms with Crippen LogP contribution in [0.25, 0.3) is 16.9 Å². The van der Waals surface area contributed by atoms with E-state index in [0.717, 1.165) is 0 Å². The second kappa shape index (κ2) is 5.81. The Labute approximate surface area is 138 Å². The van der Waals surface area contributed by atoms with Crippen molar-refractivity contribution < 1.29 is 12.8 Å². The molecule has 23 heavy (non-hydrogen) atoms. The van der Waals surface area contributed by atoms with Crippen LogP contribution in [0.2, 0.25) is 5.02 Å². The van der Waals surface area contributed by atoms with Crippen LogP contribution in [0.4, 0.5) is 4.39 Å². The zero-order valence-corrected chi connectivity index (χ0v) is 13.4. The molecule has 1 heterocycles. The third kappa shape index (κ3) is 3.14. The summed E-state index contributed by atoms with van der Waals surface area (Å²) in [5, 5.41) is 5.72. The monoisotopic (exact) mass is 350 g/mol. The van der Waals surface area contributed by atoms with Crippen molar-refractivity contribution in [3.8, 4) is 16.9 Å². The van der Waals surface area contributed by atoms with Crippen LogP contribution in [0.15, 0.2) is 65.7 Å². The summed E-state index contributed by atoms with van der Waals surface area (Å²) in [4.78, 5) is -0.00173. The average Bonchev–Trinajstić information content (AvgIpc) is 2.89. The number of hydrogen-bond acceptors (Lipinski definition) is 2. The number of aromatic nitrogens is 1. The van der Waals surface area contributed by atoms with E-state index in [1.54, 1.807) is 47.2 Å². The number of primary sulfonamides is 1. The molecule has 0 atom stereocenters. The standard InChI is InChI=1S/C16H12ClFN2O2S/c17-11-9-15(14-3-1-2-4-16(14)23(19,21)22)20(10-11)13-7-5-12(18)6-8-13/h1-10H,(H2,19,21,22). The zero-order valence-electron chi connectivity index (χ0n) is 11.8. The van der Waals surface area contributed by atoms with Crippen molar-refractivity contribution in [2.24, 2.45) is 5.14 Å². The van der Waals surface area contributed by atoms with Gasteiger partial charge in [-0.05, 0) is 36.4 Å². The van der Waals surface area contributed by atoms with E-state index in [2.05, 4.69) is 0 Å². The molecule has 0 radical (unpaired) electrons. The summed E-state index contributed by atoms with van der Waals surface area (Å²) < 4.78 is 38.4. The van der Waals surface area contributed by atoms with Crippen molar-refractivity contribution in [3.63, 3.8) is 0 Å².